The van der Waals surface area contributed by atoms with Gasteiger partial charge in [0.15, 0.2) is 0 Å². The summed E-state index contributed by atoms with van der Waals surface area (Å²) in [6, 6.07) is 0. The molecule has 126 valence electrons. The molecule has 1 saturated heterocycles. The van der Waals surface area contributed by atoms with E-state index in [9.17, 15) is 8.42 Å². The van der Waals surface area contributed by atoms with Gasteiger partial charge in [-0.25, -0.2) is 0 Å². The monoisotopic (exact) mass is 424 g/mol. The quantitative estimate of drug-likeness (QED) is 0.453. The summed E-state index contributed by atoms with van der Waals surface area (Å²) in [5, 5.41) is 0. The first-order valence-electron chi connectivity index (χ1n) is 9.15. The first-order valence-corrected chi connectivity index (χ1v) is 18.6. The summed E-state index contributed by atoms with van der Waals surface area (Å²) in [4.78, 5) is 0. The molecule has 1 heterocycles. The van der Waals surface area contributed by atoms with E-state index in [4.69, 9.17) is 0 Å². The van der Waals surface area contributed by atoms with E-state index in [0.29, 0.717) is 11.7 Å². The second-order valence-electron chi connectivity index (χ2n) is 7.23. The third kappa shape index (κ3) is 5.12. The average Bonchev–Trinajstić information content (AvgIpc) is 2.73. The van der Waals surface area contributed by atoms with Gasteiger partial charge in [-0.05, 0) is 0 Å². The van der Waals surface area contributed by atoms with Crippen LogP contribution in [0.2, 0.25) is 13.3 Å². The van der Waals surface area contributed by atoms with E-state index in [-0.39, 0.29) is 3.27 Å². The van der Waals surface area contributed by atoms with Crippen LogP contribution in [0.4, 0.5) is 0 Å². The van der Waals surface area contributed by atoms with Crippen LogP contribution >= 0.6 is 0 Å². The average molecular weight is 423 g/mol. The van der Waals surface area contributed by atoms with Crippen molar-refractivity contribution in [3.8, 4) is 0 Å². The second kappa shape index (κ2) is 9.14. The zero-order valence-corrected chi connectivity index (χ0v) is 18.3. The molecule has 0 aromatic rings. The molecule has 0 aliphatic carbocycles. The third-order valence-electron chi connectivity index (χ3n) is 5.45. The van der Waals surface area contributed by atoms with Crippen molar-refractivity contribution >= 4 is 28.2 Å². The second-order valence-corrected chi connectivity index (χ2v) is 24.5. The van der Waals surface area contributed by atoms with Gasteiger partial charge in [-0.3, -0.25) is 0 Å². The minimum absolute atomic E-state index is 0.136. The molecule has 0 aromatic carbocycles. The van der Waals surface area contributed by atoms with Crippen molar-refractivity contribution in [2.24, 2.45) is 5.92 Å². The summed E-state index contributed by atoms with van der Waals surface area (Å²) in [5.41, 5.74) is 0. The summed E-state index contributed by atoms with van der Waals surface area (Å²) in [6.07, 6.45) is 8.39. The van der Waals surface area contributed by atoms with Crippen LogP contribution in [0.15, 0.2) is 0 Å². The van der Waals surface area contributed by atoms with Crippen molar-refractivity contribution in [2.75, 3.05) is 5.75 Å². The molecule has 0 bridgehead atoms. The van der Waals surface area contributed by atoms with Gasteiger partial charge in [-0.1, -0.05) is 0 Å². The Morgan fingerprint density at radius 1 is 0.905 bits per heavy atom. The first-order chi connectivity index (χ1) is 9.93. The third-order valence-corrected chi connectivity index (χ3v) is 30.5. The van der Waals surface area contributed by atoms with E-state index in [1.165, 1.54) is 51.8 Å². The molecule has 1 aliphatic heterocycles. The normalized spacial score (nSPS) is 25.3. The summed E-state index contributed by atoms with van der Waals surface area (Å²) in [5.74, 6) is 0.915. The van der Waals surface area contributed by atoms with Gasteiger partial charge >= 0.3 is 138 Å². The summed E-state index contributed by atoms with van der Waals surface area (Å²) in [6.45, 7) is 8.99. The van der Waals surface area contributed by atoms with Crippen molar-refractivity contribution in [3.05, 3.63) is 0 Å². The van der Waals surface area contributed by atoms with E-state index in [2.05, 4.69) is 27.7 Å². The van der Waals surface area contributed by atoms with Gasteiger partial charge in [0.2, 0.25) is 0 Å². The molecular formula is C17H36O2SSn. The van der Waals surface area contributed by atoms with Crippen LogP contribution in [0.25, 0.3) is 0 Å². The maximum atomic E-state index is 12.8. The van der Waals surface area contributed by atoms with Gasteiger partial charge in [0.05, 0.1) is 0 Å². The Labute approximate surface area is 137 Å². The van der Waals surface area contributed by atoms with Gasteiger partial charge in [0.25, 0.3) is 0 Å². The molecule has 0 radical (unpaired) electrons. The Balaban J connectivity index is 3.10. The predicted molar refractivity (Wildman–Crippen MR) is 96.3 cm³/mol. The van der Waals surface area contributed by atoms with Crippen molar-refractivity contribution < 1.29 is 8.42 Å². The Bertz CT molecular complexity index is 370. The molecule has 1 aliphatic rings. The zero-order valence-electron chi connectivity index (χ0n) is 14.7. The van der Waals surface area contributed by atoms with Gasteiger partial charge < -0.3 is 0 Å². The van der Waals surface area contributed by atoms with Crippen LogP contribution in [-0.4, -0.2) is 35.8 Å². The van der Waals surface area contributed by atoms with Crippen LogP contribution in [0.1, 0.15) is 72.6 Å². The van der Waals surface area contributed by atoms with E-state index in [0.717, 1.165) is 6.42 Å². The standard InChI is InChI=1S/C5H9O2S.3C4H9.Sn/c1-5-2-3-8(6,7)4-5;3*1-3-4-2;/h4-5H,2-3H2,1H3;3*1,3-4H2,2H3;. The fourth-order valence-corrected chi connectivity index (χ4v) is 34.4. The van der Waals surface area contributed by atoms with Crippen molar-refractivity contribution in [2.45, 2.75) is 89.2 Å². The molecule has 2 nitrogen and oxygen atoms in total. The van der Waals surface area contributed by atoms with Crippen LogP contribution in [0.5, 0.6) is 0 Å². The van der Waals surface area contributed by atoms with E-state index >= 15 is 0 Å². The molecule has 0 saturated carbocycles. The maximum absolute atomic E-state index is 12.8. The van der Waals surface area contributed by atoms with E-state index in [1.807, 2.05) is 0 Å². The number of hydrogen-bond donors (Lipinski definition) is 0. The minimum atomic E-state index is -2.79. The molecule has 0 N–H and O–H groups in total. The summed E-state index contributed by atoms with van der Waals surface area (Å²) < 4.78 is 29.6. The fourth-order valence-electron chi connectivity index (χ4n) is 4.36. The molecule has 1 rings (SSSR count). The van der Waals surface area contributed by atoms with Crippen molar-refractivity contribution in [1.29, 1.82) is 0 Å². The summed E-state index contributed by atoms with van der Waals surface area (Å²) in [7, 11) is -2.79. The Morgan fingerprint density at radius 2 is 1.33 bits per heavy atom. The molecule has 0 amide bonds. The molecule has 2 unspecified atom stereocenters. The van der Waals surface area contributed by atoms with E-state index in [1.54, 1.807) is 0 Å². The Hall–Kier alpha value is 0.749. The van der Waals surface area contributed by atoms with Gasteiger partial charge in [-0.15, -0.1) is 0 Å². The van der Waals surface area contributed by atoms with Crippen molar-refractivity contribution in [3.63, 3.8) is 0 Å². The zero-order chi connectivity index (χ0) is 15.9. The van der Waals surface area contributed by atoms with Crippen molar-refractivity contribution in [1.82, 2.24) is 0 Å². The van der Waals surface area contributed by atoms with E-state index < -0.39 is 28.2 Å². The van der Waals surface area contributed by atoms with Crippen LogP contribution in [0.3, 0.4) is 0 Å². The summed E-state index contributed by atoms with van der Waals surface area (Å²) >= 11 is -2.62. The SMILES string of the molecule is CCC[CH2][Sn]([CH2]CCC)([CH2]CCC)[CH]1C(C)CCS1(=O)=O. The number of rotatable bonds is 10. The number of unbranched alkanes of at least 4 members (excludes halogenated alkanes) is 3. The molecule has 2 atom stereocenters. The topological polar surface area (TPSA) is 34.1 Å². The van der Waals surface area contributed by atoms with Crippen LogP contribution in [0, 0.1) is 5.92 Å². The van der Waals surface area contributed by atoms with Gasteiger partial charge in [0, 0.05) is 0 Å². The predicted octanol–water partition coefficient (Wildman–Crippen LogP) is 5.20. The van der Waals surface area contributed by atoms with Gasteiger partial charge in [0.1, 0.15) is 0 Å². The molecule has 0 spiro atoms. The van der Waals surface area contributed by atoms with Crippen LogP contribution < -0.4 is 0 Å². The number of hydrogen-bond acceptors (Lipinski definition) is 2. The molecular weight excluding hydrogens is 387 g/mol. The fraction of sp³-hybridized carbons (Fsp3) is 1.00. The van der Waals surface area contributed by atoms with Gasteiger partial charge in [-0.2, -0.15) is 0 Å². The molecule has 4 heteroatoms. The number of sulfone groups is 1. The Morgan fingerprint density at radius 3 is 1.62 bits per heavy atom. The molecule has 1 fully saturated rings. The molecule has 21 heavy (non-hydrogen) atoms. The Kier molecular flexibility index (Phi) is 8.62. The van der Waals surface area contributed by atoms with Crippen LogP contribution in [-0.2, 0) is 9.84 Å². The first kappa shape index (κ1) is 19.8. The molecule has 0 aromatic heterocycles.